The van der Waals surface area contributed by atoms with Crippen molar-refractivity contribution >= 4 is 22.9 Å². The zero-order chi connectivity index (χ0) is 17.5. The Balaban J connectivity index is 1.47. The predicted molar refractivity (Wildman–Crippen MR) is 100 cm³/mol. The van der Waals surface area contributed by atoms with Gasteiger partial charge in [-0.15, -0.1) is 11.3 Å². The van der Waals surface area contributed by atoms with Crippen LogP contribution < -0.4 is 14.8 Å². The summed E-state index contributed by atoms with van der Waals surface area (Å²) in [5.41, 5.74) is 2.40. The van der Waals surface area contributed by atoms with Crippen molar-refractivity contribution in [2.45, 2.75) is 18.8 Å². The van der Waals surface area contributed by atoms with Crippen LogP contribution in [0.3, 0.4) is 0 Å². The number of anilines is 1. The van der Waals surface area contributed by atoms with Crippen LogP contribution in [0.15, 0.2) is 48.5 Å². The predicted octanol–water partition coefficient (Wildman–Crippen LogP) is 4.67. The number of rotatable bonds is 4. The fourth-order valence-electron chi connectivity index (χ4n) is 2.95. The number of carbonyl (C=O) groups is 1. The van der Waals surface area contributed by atoms with E-state index in [1.165, 1.54) is 11.3 Å². The molecule has 0 saturated heterocycles. The minimum atomic E-state index is -0.146. The molecule has 1 fully saturated rings. The van der Waals surface area contributed by atoms with E-state index in [9.17, 15) is 4.79 Å². The molecule has 5 rings (SSSR count). The van der Waals surface area contributed by atoms with Crippen LogP contribution in [0.5, 0.6) is 11.5 Å². The van der Waals surface area contributed by atoms with Crippen molar-refractivity contribution in [2.24, 2.45) is 0 Å². The van der Waals surface area contributed by atoms with Crippen LogP contribution in [0.1, 0.15) is 33.4 Å². The number of amides is 1. The first-order chi connectivity index (χ1) is 12.8. The van der Waals surface area contributed by atoms with Crippen LogP contribution in [-0.2, 0) is 0 Å². The van der Waals surface area contributed by atoms with E-state index in [0.717, 1.165) is 29.1 Å². The molecule has 2 heterocycles. The lowest BCUT2D eigenvalue weighted by Crippen LogP contribution is -2.11. The highest BCUT2D eigenvalue weighted by Crippen LogP contribution is 2.44. The van der Waals surface area contributed by atoms with E-state index in [2.05, 4.69) is 5.32 Å². The van der Waals surface area contributed by atoms with Gasteiger partial charge in [0.1, 0.15) is 4.88 Å². The van der Waals surface area contributed by atoms with E-state index in [1.807, 2.05) is 36.4 Å². The molecule has 0 bridgehead atoms. The number of aromatic nitrogens is 1. The van der Waals surface area contributed by atoms with Crippen LogP contribution >= 0.6 is 11.3 Å². The summed E-state index contributed by atoms with van der Waals surface area (Å²) in [4.78, 5) is 18.4. The largest absolute Gasteiger partial charge is 0.454 e. The molecule has 1 saturated carbocycles. The number of benzene rings is 2. The van der Waals surface area contributed by atoms with E-state index in [-0.39, 0.29) is 12.7 Å². The maximum Gasteiger partial charge on any atom is 0.268 e. The number of ether oxygens (including phenoxy) is 2. The summed E-state index contributed by atoms with van der Waals surface area (Å²) >= 11 is 1.50. The fourth-order valence-corrected chi connectivity index (χ4v) is 4.10. The summed E-state index contributed by atoms with van der Waals surface area (Å²) in [5.74, 6) is 1.71. The topological polar surface area (TPSA) is 60.5 Å². The zero-order valence-corrected chi connectivity index (χ0v) is 14.7. The van der Waals surface area contributed by atoms with Crippen molar-refractivity contribution in [3.8, 4) is 22.8 Å². The average molecular weight is 364 g/mol. The third kappa shape index (κ3) is 2.82. The minimum absolute atomic E-state index is 0.146. The van der Waals surface area contributed by atoms with E-state index in [4.69, 9.17) is 14.5 Å². The second-order valence-corrected chi connectivity index (χ2v) is 7.42. The normalized spacial score (nSPS) is 15.1. The molecule has 130 valence electrons. The summed E-state index contributed by atoms with van der Waals surface area (Å²) in [6, 6.07) is 15.3. The van der Waals surface area contributed by atoms with Gasteiger partial charge in [0.15, 0.2) is 11.5 Å². The number of carbonyl (C=O) groups excluding carboxylic acids is 1. The summed E-state index contributed by atoms with van der Waals surface area (Å²) < 4.78 is 10.7. The highest BCUT2D eigenvalue weighted by atomic mass is 32.1. The van der Waals surface area contributed by atoms with Gasteiger partial charge in [0.25, 0.3) is 5.91 Å². The summed E-state index contributed by atoms with van der Waals surface area (Å²) in [6.07, 6.45) is 2.32. The minimum Gasteiger partial charge on any atom is -0.454 e. The third-order valence-electron chi connectivity index (χ3n) is 4.45. The molecule has 2 aliphatic rings. The van der Waals surface area contributed by atoms with E-state index in [0.29, 0.717) is 28.0 Å². The lowest BCUT2D eigenvalue weighted by atomic mass is 10.1. The maximum absolute atomic E-state index is 13.0. The second kappa shape index (κ2) is 6.14. The number of nitrogens with zero attached hydrogens (tertiary/aromatic N) is 1. The van der Waals surface area contributed by atoms with Crippen molar-refractivity contribution in [3.63, 3.8) is 0 Å². The van der Waals surface area contributed by atoms with Gasteiger partial charge in [-0.2, -0.15) is 0 Å². The van der Waals surface area contributed by atoms with Crippen LogP contribution in [0, 0.1) is 0 Å². The Bertz CT molecular complexity index is 980. The Morgan fingerprint density at radius 3 is 2.69 bits per heavy atom. The first-order valence-electron chi connectivity index (χ1n) is 8.55. The van der Waals surface area contributed by atoms with Gasteiger partial charge in [-0.3, -0.25) is 4.79 Å². The smallest absolute Gasteiger partial charge is 0.268 e. The molecule has 0 unspecified atom stereocenters. The molecule has 1 aliphatic carbocycles. The van der Waals surface area contributed by atoms with Gasteiger partial charge in [0.2, 0.25) is 6.79 Å². The van der Waals surface area contributed by atoms with Crippen LogP contribution in [0.2, 0.25) is 0 Å². The quantitative estimate of drug-likeness (QED) is 0.731. The molecule has 1 N–H and O–H groups in total. The Morgan fingerprint density at radius 1 is 1.08 bits per heavy atom. The molecule has 1 aromatic heterocycles. The lowest BCUT2D eigenvalue weighted by molar-refractivity contribution is 0.103. The van der Waals surface area contributed by atoms with Gasteiger partial charge >= 0.3 is 0 Å². The number of fused-ring (bicyclic) bond motifs is 1. The first kappa shape index (κ1) is 15.4. The number of hydrogen-bond donors (Lipinski definition) is 1. The molecular formula is C20H16N2O3S. The standard InChI is InChI=1S/C20H16N2O3S/c23-19(21-14-8-9-15-16(10-14)25-11-24-15)18-17(12-4-2-1-3-5-12)22-20(26-18)13-6-7-13/h1-5,8-10,13H,6-7,11H2,(H,21,23). The molecule has 26 heavy (non-hydrogen) atoms. The number of nitrogens with one attached hydrogen (secondary N) is 1. The molecule has 6 heteroatoms. The van der Waals surface area contributed by atoms with Crippen LogP contribution in [0.4, 0.5) is 5.69 Å². The van der Waals surface area contributed by atoms with Gasteiger partial charge in [-0.1, -0.05) is 30.3 Å². The van der Waals surface area contributed by atoms with Gasteiger partial charge in [-0.25, -0.2) is 4.98 Å². The molecule has 0 radical (unpaired) electrons. The molecule has 0 atom stereocenters. The van der Waals surface area contributed by atoms with Gasteiger partial charge < -0.3 is 14.8 Å². The SMILES string of the molecule is O=C(Nc1ccc2c(c1)OCO2)c1sc(C2CC2)nc1-c1ccccc1. The average Bonchev–Trinajstić information content (AvgIpc) is 3.25. The van der Waals surface area contributed by atoms with Crippen LogP contribution in [-0.4, -0.2) is 17.7 Å². The third-order valence-corrected chi connectivity index (χ3v) is 5.67. The van der Waals surface area contributed by atoms with Crippen molar-refractivity contribution < 1.29 is 14.3 Å². The Labute approximate surface area is 154 Å². The molecular weight excluding hydrogens is 348 g/mol. The first-order valence-corrected chi connectivity index (χ1v) is 9.37. The second-order valence-electron chi connectivity index (χ2n) is 6.39. The number of hydrogen-bond acceptors (Lipinski definition) is 5. The summed E-state index contributed by atoms with van der Waals surface area (Å²) in [5, 5.41) is 4.02. The van der Waals surface area contributed by atoms with E-state index < -0.39 is 0 Å². The fraction of sp³-hybridized carbons (Fsp3) is 0.200. The molecule has 1 amide bonds. The monoisotopic (exact) mass is 364 g/mol. The lowest BCUT2D eigenvalue weighted by Gasteiger charge is -2.06. The Morgan fingerprint density at radius 2 is 1.88 bits per heavy atom. The van der Waals surface area contributed by atoms with E-state index in [1.54, 1.807) is 12.1 Å². The summed E-state index contributed by atoms with van der Waals surface area (Å²) in [7, 11) is 0. The highest BCUT2D eigenvalue weighted by molar-refractivity contribution is 7.14. The molecule has 3 aromatic rings. The zero-order valence-electron chi connectivity index (χ0n) is 13.9. The molecule has 2 aromatic carbocycles. The Hall–Kier alpha value is -2.86. The van der Waals surface area contributed by atoms with Crippen molar-refractivity contribution in [3.05, 3.63) is 58.4 Å². The van der Waals surface area contributed by atoms with Crippen LogP contribution in [0.25, 0.3) is 11.3 Å². The van der Waals surface area contributed by atoms with Gasteiger partial charge in [0, 0.05) is 23.2 Å². The van der Waals surface area contributed by atoms with Gasteiger partial charge in [0.05, 0.1) is 10.7 Å². The molecule has 1 aliphatic heterocycles. The van der Waals surface area contributed by atoms with Gasteiger partial charge in [-0.05, 0) is 25.0 Å². The Kier molecular flexibility index (Phi) is 3.64. The highest BCUT2D eigenvalue weighted by Gasteiger charge is 2.30. The number of thiazole rings is 1. The summed E-state index contributed by atoms with van der Waals surface area (Å²) in [6.45, 7) is 0.213. The maximum atomic E-state index is 13.0. The van der Waals surface area contributed by atoms with Crippen molar-refractivity contribution in [2.75, 3.05) is 12.1 Å². The van der Waals surface area contributed by atoms with E-state index >= 15 is 0 Å². The molecule has 5 nitrogen and oxygen atoms in total. The van der Waals surface area contributed by atoms with Crippen molar-refractivity contribution in [1.29, 1.82) is 0 Å². The molecule has 0 spiro atoms. The van der Waals surface area contributed by atoms with Crippen molar-refractivity contribution in [1.82, 2.24) is 4.98 Å².